The van der Waals surface area contributed by atoms with Gasteiger partial charge in [0.05, 0.1) is 25.7 Å². The number of carbonyl (C=O) groups excluding carboxylic acids is 1. The Balaban J connectivity index is 2.43. The van der Waals surface area contributed by atoms with Gasteiger partial charge >= 0.3 is 5.97 Å². The zero-order chi connectivity index (χ0) is 9.73. The van der Waals surface area contributed by atoms with Gasteiger partial charge in [0.2, 0.25) is 0 Å². The summed E-state index contributed by atoms with van der Waals surface area (Å²) in [5, 5.41) is 0. The molecule has 1 rings (SSSR count). The SMILES string of the molecule is CCOC(=O)CC1(CCl)OCCO1. The molecule has 0 bridgehead atoms. The summed E-state index contributed by atoms with van der Waals surface area (Å²) in [6.45, 7) is 3.07. The van der Waals surface area contributed by atoms with E-state index in [2.05, 4.69) is 0 Å². The van der Waals surface area contributed by atoms with E-state index in [1.165, 1.54) is 0 Å². The number of hydrogen-bond donors (Lipinski definition) is 0. The van der Waals surface area contributed by atoms with Crippen molar-refractivity contribution in [2.75, 3.05) is 25.7 Å². The van der Waals surface area contributed by atoms with Gasteiger partial charge in [-0.15, -0.1) is 11.6 Å². The minimum Gasteiger partial charge on any atom is -0.466 e. The van der Waals surface area contributed by atoms with Crippen molar-refractivity contribution in [2.45, 2.75) is 19.1 Å². The van der Waals surface area contributed by atoms with Gasteiger partial charge in [-0.05, 0) is 6.92 Å². The van der Waals surface area contributed by atoms with Crippen molar-refractivity contribution < 1.29 is 19.0 Å². The summed E-state index contributed by atoms with van der Waals surface area (Å²) in [7, 11) is 0. The molecule has 0 amide bonds. The van der Waals surface area contributed by atoms with Crippen LogP contribution in [0.3, 0.4) is 0 Å². The quantitative estimate of drug-likeness (QED) is 0.509. The normalized spacial score (nSPS) is 20.2. The van der Waals surface area contributed by atoms with Gasteiger partial charge in [-0.25, -0.2) is 0 Å². The molecule has 1 aliphatic rings. The minimum atomic E-state index is -0.951. The average molecular weight is 209 g/mol. The Labute approximate surface area is 82.1 Å². The van der Waals surface area contributed by atoms with Gasteiger partial charge < -0.3 is 14.2 Å². The van der Waals surface area contributed by atoms with Crippen LogP contribution in [0.4, 0.5) is 0 Å². The van der Waals surface area contributed by atoms with E-state index in [4.69, 9.17) is 25.8 Å². The van der Waals surface area contributed by atoms with Crippen molar-refractivity contribution in [1.82, 2.24) is 0 Å². The van der Waals surface area contributed by atoms with Gasteiger partial charge in [-0.2, -0.15) is 0 Å². The van der Waals surface area contributed by atoms with Crippen LogP contribution < -0.4 is 0 Å². The first-order chi connectivity index (χ1) is 6.22. The lowest BCUT2D eigenvalue weighted by molar-refractivity contribution is -0.173. The van der Waals surface area contributed by atoms with Crippen LogP contribution in [0.2, 0.25) is 0 Å². The average Bonchev–Trinajstić information content (AvgIpc) is 2.54. The molecule has 0 aliphatic carbocycles. The lowest BCUT2D eigenvalue weighted by atomic mass is 10.2. The van der Waals surface area contributed by atoms with Crippen LogP contribution in [0.15, 0.2) is 0 Å². The number of esters is 1. The monoisotopic (exact) mass is 208 g/mol. The fraction of sp³-hybridized carbons (Fsp3) is 0.875. The van der Waals surface area contributed by atoms with Gasteiger partial charge in [0.15, 0.2) is 5.79 Å². The molecule has 1 fully saturated rings. The highest BCUT2D eigenvalue weighted by Crippen LogP contribution is 2.25. The molecule has 0 unspecified atom stereocenters. The Kier molecular flexibility index (Phi) is 3.96. The third kappa shape index (κ3) is 2.83. The lowest BCUT2D eigenvalue weighted by Gasteiger charge is -2.23. The number of hydrogen-bond acceptors (Lipinski definition) is 4. The highest BCUT2D eigenvalue weighted by Gasteiger charge is 2.38. The fourth-order valence-electron chi connectivity index (χ4n) is 1.16. The summed E-state index contributed by atoms with van der Waals surface area (Å²) in [5.74, 6) is -1.15. The zero-order valence-electron chi connectivity index (χ0n) is 7.55. The molecule has 0 aromatic heterocycles. The minimum absolute atomic E-state index is 0.0599. The van der Waals surface area contributed by atoms with Crippen LogP contribution in [-0.2, 0) is 19.0 Å². The predicted molar refractivity (Wildman–Crippen MR) is 46.6 cm³/mol. The second-order valence-electron chi connectivity index (χ2n) is 2.72. The first-order valence-corrected chi connectivity index (χ1v) is 4.75. The molecule has 1 heterocycles. The maximum atomic E-state index is 11.1. The van der Waals surface area contributed by atoms with E-state index < -0.39 is 5.79 Å². The van der Waals surface area contributed by atoms with Crippen LogP contribution in [0, 0.1) is 0 Å². The Morgan fingerprint density at radius 3 is 2.62 bits per heavy atom. The molecule has 76 valence electrons. The van der Waals surface area contributed by atoms with Gasteiger partial charge in [0.25, 0.3) is 0 Å². The maximum absolute atomic E-state index is 11.1. The van der Waals surface area contributed by atoms with E-state index in [1.54, 1.807) is 6.92 Å². The first-order valence-electron chi connectivity index (χ1n) is 4.22. The Hall–Kier alpha value is -0.320. The molecular weight excluding hydrogens is 196 g/mol. The zero-order valence-corrected chi connectivity index (χ0v) is 8.30. The van der Waals surface area contributed by atoms with Crippen molar-refractivity contribution in [3.05, 3.63) is 0 Å². The molecule has 0 saturated carbocycles. The molecule has 0 atom stereocenters. The third-order valence-electron chi connectivity index (χ3n) is 1.74. The Morgan fingerprint density at radius 1 is 1.54 bits per heavy atom. The van der Waals surface area contributed by atoms with Crippen molar-refractivity contribution in [3.8, 4) is 0 Å². The topological polar surface area (TPSA) is 44.8 Å². The molecule has 0 aromatic rings. The van der Waals surface area contributed by atoms with Gasteiger partial charge in [-0.1, -0.05) is 0 Å². The summed E-state index contributed by atoms with van der Waals surface area (Å²) in [5.41, 5.74) is 0. The number of rotatable bonds is 4. The highest BCUT2D eigenvalue weighted by atomic mass is 35.5. The fourth-order valence-corrected chi connectivity index (χ4v) is 1.40. The molecule has 1 saturated heterocycles. The number of carbonyl (C=O) groups is 1. The van der Waals surface area contributed by atoms with Crippen molar-refractivity contribution in [2.24, 2.45) is 0 Å². The number of ether oxygens (including phenoxy) is 3. The molecule has 13 heavy (non-hydrogen) atoms. The van der Waals surface area contributed by atoms with E-state index in [0.29, 0.717) is 19.8 Å². The van der Waals surface area contributed by atoms with Gasteiger partial charge in [0, 0.05) is 0 Å². The van der Waals surface area contributed by atoms with E-state index in [1.807, 2.05) is 0 Å². The molecule has 0 spiro atoms. The third-order valence-corrected chi connectivity index (χ3v) is 2.14. The summed E-state index contributed by atoms with van der Waals surface area (Å²) in [6.07, 6.45) is 0.0599. The number of alkyl halides is 1. The molecule has 0 aromatic carbocycles. The van der Waals surface area contributed by atoms with Crippen molar-refractivity contribution in [3.63, 3.8) is 0 Å². The highest BCUT2D eigenvalue weighted by molar-refractivity contribution is 6.18. The second-order valence-corrected chi connectivity index (χ2v) is 2.99. The molecule has 1 aliphatic heterocycles. The molecular formula is C8H13ClO4. The standard InChI is InChI=1S/C8H13ClO4/c1-2-11-7(10)5-8(6-9)12-3-4-13-8/h2-6H2,1H3. The lowest BCUT2D eigenvalue weighted by Crippen LogP contribution is -2.35. The van der Waals surface area contributed by atoms with Crippen LogP contribution in [0.25, 0.3) is 0 Å². The predicted octanol–water partition coefficient (Wildman–Crippen LogP) is 0.921. The van der Waals surface area contributed by atoms with Crippen molar-refractivity contribution in [1.29, 1.82) is 0 Å². The Morgan fingerprint density at radius 2 is 2.15 bits per heavy atom. The van der Waals surface area contributed by atoms with E-state index in [9.17, 15) is 4.79 Å². The van der Waals surface area contributed by atoms with Gasteiger partial charge in [0.1, 0.15) is 6.42 Å². The van der Waals surface area contributed by atoms with E-state index in [0.717, 1.165) is 0 Å². The van der Waals surface area contributed by atoms with Crippen LogP contribution in [0.1, 0.15) is 13.3 Å². The summed E-state index contributed by atoms with van der Waals surface area (Å²) < 4.78 is 15.3. The van der Waals surface area contributed by atoms with Crippen LogP contribution >= 0.6 is 11.6 Å². The smallest absolute Gasteiger partial charge is 0.311 e. The van der Waals surface area contributed by atoms with Gasteiger partial charge in [-0.3, -0.25) is 4.79 Å². The molecule has 0 N–H and O–H groups in total. The largest absolute Gasteiger partial charge is 0.466 e. The van der Waals surface area contributed by atoms with Crippen LogP contribution in [-0.4, -0.2) is 37.5 Å². The van der Waals surface area contributed by atoms with E-state index in [-0.39, 0.29) is 18.3 Å². The Bertz CT molecular complexity index is 177. The van der Waals surface area contributed by atoms with E-state index >= 15 is 0 Å². The molecule has 0 radical (unpaired) electrons. The number of halogens is 1. The maximum Gasteiger partial charge on any atom is 0.311 e. The molecule has 4 nitrogen and oxygen atoms in total. The van der Waals surface area contributed by atoms with Crippen LogP contribution in [0.5, 0.6) is 0 Å². The summed E-state index contributed by atoms with van der Waals surface area (Å²) in [4.78, 5) is 11.1. The summed E-state index contributed by atoms with van der Waals surface area (Å²) in [6, 6.07) is 0. The first kappa shape index (κ1) is 10.8. The molecule has 5 heteroatoms. The summed E-state index contributed by atoms with van der Waals surface area (Å²) >= 11 is 5.65. The van der Waals surface area contributed by atoms with Crippen molar-refractivity contribution >= 4 is 17.6 Å². The second kappa shape index (κ2) is 4.79.